The van der Waals surface area contributed by atoms with Crippen LogP contribution in [0.15, 0.2) is 0 Å². The van der Waals surface area contributed by atoms with Crippen LogP contribution in [0.2, 0.25) is 0 Å². The van der Waals surface area contributed by atoms with Gasteiger partial charge in [-0.15, -0.1) is 0 Å². The lowest BCUT2D eigenvalue weighted by Crippen LogP contribution is -2.36. The van der Waals surface area contributed by atoms with E-state index in [1.165, 1.54) is 0 Å². The molecule has 2 heteroatoms. The number of aliphatic hydroxyl groups excluding tert-OH is 2. The van der Waals surface area contributed by atoms with Crippen molar-refractivity contribution < 1.29 is 10.2 Å². The van der Waals surface area contributed by atoms with E-state index >= 15 is 0 Å². The molecule has 0 heterocycles. The van der Waals surface area contributed by atoms with E-state index in [4.69, 9.17) is 5.11 Å². The summed E-state index contributed by atoms with van der Waals surface area (Å²) in [6.45, 7) is 2.34. The molecule has 0 aliphatic heterocycles. The zero-order chi connectivity index (χ0) is 8.06. The fourth-order valence-electron chi connectivity index (χ4n) is 3.03. The second kappa shape index (κ2) is 2.20. The Morgan fingerprint density at radius 1 is 1.45 bits per heavy atom. The molecule has 0 amide bonds. The Bertz CT molecular complexity index is 169. The molecule has 0 unspecified atom stereocenters. The Kier molecular flexibility index (Phi) is 1.52. The molecule has 0 aromatic carbocycles. The molecule has 0 aromatic heterocycles. The van der Waals surface area contributed by atoms with Crippen LogP contribution in [0.5, 0.6) is 0 Å². The molecule has 0 radical (unpaired) electrons. The number of aliphatic hydroxyl groups is 2. The molecule has 2 N–H and O–H groups in total. The molecule has 0 saturated heterocycles. The van der Waals surface area contributed by atoms with Gasteiger partial charge in [0, 0.05) is 6.61 Å². The largest absolute Gasteiger partial charge is 0.396 e. The van der Waals surface area contributed by atoms with Gasteiger partial charge in [-0.3, -0.25) is 0 Å². The highest BCUT2D eigenvalue weighted by Crippen LogP contribution is 2.55. The van der Waals surface area contributed by atoms with E-state index in [9.17, 15) is 5.11 Å². The van der Waals surface area contributed by atoms with Gasteiger partial charge in [0.15, 0.2) is 0 Å². The third-order valence-corrected chi connectivity index (χ3v) is 3.64. The maximum absolute atomic E-state index is 9.57. The first-order valence-electron chi connectivity index (χ1n) is 4.44. The van der Waals surface area contributed by atoms with Crippen LogP contribution in [0.25, 0.3) is 0 Å². The molecule has 2 aliphatic carbocycles. The van der Waals surface area contributed by atoms with Gasteiger partial charge >= 0.3 is 0 Å². The van der Waals surface area contributed by atoms with Gasteiger partial charge in [0.2, 0.25) is 0 Å². The van der Waals surface area contributed by atoms with Crippen molar-refractivity contribution in [3.63, 3.8) is 0 Å². The van der Waals surface area contributed by atoms with Crippen molar-refractivity contribution in [2.75, 3.05) is 6.61 Å². The van der Waals surface area contributed by atoms with Crippen molar-refractivity contribution in [2.45, 2.75) is 32.3 Å². The molecule has 2 aliphatic rings. The molecule has 2 rings (SSSR count). The molecular formula is C9H16O2. The lowest BCUT2D eigenvalue weighted by molar-refractivity contribution is -0.00151. The first-order valence-corrected chi connectivity index (χ1v) is 4.44. The monoisotopic (exact) mass is 156 g/mol. The molecule has 2 nitrogen and oxygen atoms in total. The fourth-order valence-corrected chi connectivity index (χ4v) is 3.03. The van der Waals surface area contributed by atoms with Crippen LogP contribution in [0.4, 0.5) is 0 Å². The predicted molar refractivity (Wildman–Crippen MR) is 42.0 cm³/mol. The summed E-state index contributed by atoms with van der Waals surface area (Å²) >= 11 is 0. The topological polar surface area (TPSA) is 40.5 Å². The quantitative estimate of drug-likeness (QED) is 0.589. The van der Waals surface area contributed by atoms with E-state index in [-0.39, 0.29) is 18.1 Å². The minimum atomic E-state index is -0.133. The van der Waals surface area contributed by atoms with Crippen LogP contribution >= 0.6 is 0 Å². The lowest BCUT2D eigenvalue weighted by atomic mass is 9.74. The molecule has 11 heavy (non-hydrogen) atoms. The molecule has 0 aromatic rings. The number of hydrogen-bond donors (Lipinski definition) is 2. The maximum atomic E-state index is 9.57. The summed E-state index contributed by atoms with van der Waals surface area (Å²) in [4.78, 5) is 0. The van der Waals surface area contributed by atoms with Crippen LogP contribution in [0, 0.1) is 17.3 Å². The van der Waals surface area contributed by atoms with Gasteiger partial charge in [0.25, 0.3) is 0 Å². The maximum Gasteiger partial charge on any atom is 0.0577 e. The van der Waals surface area contributed by atoms with Crippen molar-refractivity contribution >= 4 is 0 Å². The average molecular weight is 156 g/mol. The Morgan fingerprint density at radius 2 is 2.18 bits per heavy atom. The third-order valence-electron chi connectivity index (χ3n) is 3.64. The van der Waals surface area contributed by atoms with E-state index in [0.29, 0.717) is 11.8 Å². The van der Waals surface area contributed by atoms with Crippen LogP contribution in [0.1, 0.15) is 26.2 Å². The van der Waals surface area contributed by atoms with Gasteiger partial charge < -0.3 is 10.2 Å². The summed E-state index contributed by atoms with van der Waals surface area (Å²) in [6.07, 6.45) is 3.09. The number of fused-ring (bicyclic) bond motifs is 2. The summed E-state index contributed by atoms with van der Waals surface area (Å²) in [6, 6.07) is 0. The Labute approximate surface area is 67.2 Å². The first-order chi connectivity index (χ1) is 5.15. The Hall–Kier alpha value is -0.0800. The second-order valence-corrected chi connectivity index (χ2v) is 4.53. The van der Waals surface area contributed by atoms with Crippen LogP contribution in [-0.4, -0.2) is 22.9 Å². The van der Waals surface area contributed by atoms with Crippen molar-refractivity contribution in [1.82, 2.24) is 0 Å². The van der Waals surface area contributed by atoms with Gasteiger partial charge in [-0.25, -0.2) is 0 Å². The predicted octanol–water partition coefficient (Wildman–Crippen LogP) is 0.776. The van der Waals surface area contributed by atoms with Crippen molar-refractivity contribution in [3.05, 3.63) is 0 Å². The highest BCUT2D eigenvalue weighted by Gasteiger charge is 2.52. The number of rotatable bonds is 1. The molecule has 2 saturated carbocycles. The summed E-state index contributed by atoms with van der Waals surface area (Å²) in [5.74, 6) is 1.06. The van der Waals surface area contributed by atoms with E-state index < -0.39 is 0 Å². The van der Waals surface area contributed by atoms with Crippen molar-refractivity contribution in [1.29, 1.82) is 0 Å². The standard InChI is InChI=1S/C9H16O2/c1-9(5-10)4-6-2-7(9)8(11)3-6/h6-8,10-11H,2-5H2,1H3/t6-,7+,8-,9-/m0/s1. The third kappa shape index (κ3) is 0.926. The zero-order valence-electron chi connectivity index (χ0n) is 6.95. The second-order valence-electron chi connectivity index (χ2n) is 4.53. The molecule has 2 fully saturated rings. The molecule has 4 atom stereocenters. The molecule has 0 spiro atoms. The van der Waals surface area contributed by atoms with Gasteiger partial charge in [-0.05, 0) is 36.5 Å². The van der Waals surface area contributed by atoms with E-state index in [1.54, 1.807) is 0 Å². The summed E-state index contributed by atoms with van der Waals surface area (Å²) in [5, 5.41) is 18.7. The lowest BCUT2D eigenvalue weighted by Gasteiger charge is -2.34. The van der Waals surface area contributed by atoms with E-state index in [0.717, 1.165) is 19.3 Å². The fraction of sp³-hybridized carbons (Fsp3) is 1.00. The van der Waals surface area contributed by atoms with Crippen molar-refractivity contribution in [2.24, 2.45) is 17.3 Å². The van der Waals surface area contributed by atoms with Gasteiger partial charge in [-0.2, -0.15) is 0 Å². The first kappa shape index (κ1) is 7.56. The molecular weight excluding hydrogens is 140 g/mol. The van der Waals surface area contributed by atoms with Crippen LogP contribution in [-0.2, 0) is 0 Å². The van der Waals surface area contributed by atoms with Crippen LogP contribution in [0.3, 0.4) is 0 Å². The SMILES string of the molecule is C[C@@]1(CO)C[C@H]2C[C@@H]1[C@@H](O)C2. The zero-order valence-corrected chi connectivity index (χ0v) is 6.95. The highest BCUT2D eigenvalue weighted by atomic mass is 16.3. The van der Waals surface area contributed by atoms with E-state index in [1.807, 2.05) is 0 Å². The number of hydrogen-bond acceptors (Lipinski definition) is 2. The van der Waals surface area contributed by atoms with Gasteiger partial charge in [0.1, 0.15) is 0 Å². The summed E-state index contributed by atoms with van der Waals surface area (Å²) < 4.78 is 0. The summed E-state index contributed by atoms with van der Waals surface area (Å²) in [7, 11) is 0. The van der Waals surface area contributed by atoms with E-state index in [2.05, 4.69) is 6.92 Å². The van der Waals surface area contributed by atoms with Crippen molar-refractivity contribution in [3.8, 4) is 0 Å². The van der Waals surface area contributed by atoms with Gasteiger partial charge in [0.05, 0.1) is 6.10 Å². The average Bonchev–Trinajstić information content (AvgIpc) is 2.44. The normalized spacial score (nSPS) is 55.4. The Balaban J connectivity index is 2.18. The minimum absolute atomic E-state index is 0.0301. The molecule has 64 valence electrons. The Morgan fingerprint density at radius 3 is 2.55 bits per heavy atom. The van der Waals surface area contributed by atoms with Gasteiger partial charge in [-0.1, -0.05) is 6.92 Å². The smallest absolute Gasteiger partial charge is 0.0577 e. The van der Waals surface area contributed by atoms with Crippen LogP contribution < -0.4 is 0 Å². The highest BCUT2D eigenvalue weighted by molar-refractivity contribution is 5.01. The summed E-state index contributed by atoms with van der Waals surface area (Å²) in [5.41, 5.74) is 0.0301. The minimum Gasteiger partial charge on any atom is -0.396 e. The molecule has 2 bridgehead atoms.